The molecule has 2 aliphatic carbocycles. The summed E-state index contributed by atoms with van der Waals surface area (Å²) in [5, 5.41) is 28.2. The molecule has 2 saturated carbocycles. The molecule has 2 fully saturated rings. The lowest BCUT2D eigenvalue weighted by Crippen LogP contribution is -2.38. The van der Waals surface area contributed by atoms with Crippen molar-refractivity contribution >= 4 is 78.3 Å². The van der Waals surface area contributed by atoms with E-state index in [9.17, 15) is 27.4 Å². The first-order valence-corrected chi connectivity index (χ1v) is 43.3. The van der Waals surface area contributed by atoms with Crippen LogP contribution in [0.3, 0.4) is 0 Å². The molecule has 6 aliphatic rings. The number of alkyl halides is 6. The molecule has 0 spiro atoms. The van der Waals surface area contributed by atoms with Crippen LogP contribution in [0.1, 0.15) is 193 Å². The number of unbranched alkanes of at least 4 members (excludes halogenated alkanes) is 6. The van der Waals surface area contributed by atoms with E-state index >= 15 is 26.3 Å². The maximum absolute atomic E-state index is 15.9. The number of rotatable bonds is 32. The smallest absolute Gasteiger partial charge is 0.560 e. The molecule has 0 N–H and O–H groups in total. The fourth-order valence-electron chi connectivity index (χ4n) is 16.9. The second-order valence-corrected chi connectivity index (χ2v) is 36.6. The summed E-state index contributed by atoms with van der Waals surface area (Å²) >= 11 is 1.77. The van der Waals surface area contributed by atoms with E-state index in [4.69, 9.17) is 0 Å². The third-order valence-corrected chi connectivity index (χ3v) is 26.9. The van der Waals surface area contributed by atoms with Crippen LogP contribution in [-0.4, -0.2) is 84.9 Å². The Labute approximate surface area is 665 Å². The normalized spacial score (nSPS) is 21.7. The van der Waals surface area contributed by atoms with E-state index in [1.165, 1.54) is 24.3 Å². The first-order valence-electron chi connectivity index (χ1n) is 38.6. The summed E-state index contributed by atoms with van der Waals surface area (Å²) in [4.78, 5) is 8.76. The van der Waals surface area contributed by atoms with Crippen LogP contribution in [0.15, 0.2) is 215 Å². The Hall–Kier alpha value is -7.50. The lowest BCUT2D eigenvalue weighted by Gasteiger charge is -2.27. The summed E-state index contributed by atoms with van der Waals surface area (Å²) in [6, 6.07) is 37.2. The first-order chi connectivity index (χ1) is 53.3. The third-order valence-electron chi connectivity index (χ3n) is 22.7. The van der Waals surface area contributed by atoms with Gasteiger partial charge in [-0.05, 0) is 135 Å². The summed E-state index contributed by atoms with van der Waals surface area (Å²) in [5.41, 5.74) is -1.83. The predicted molar refractivity (Wildman–Crippen MR) is 431 cm³/mol. The van der Waals surface area contributed by atoms with Crippen molar-refractivity contribution in [3.63, 3.8) is 0 Å². The second kappa shape index (κ2) is 35.7. The zero-order valence-electron chi connectivity index (χ0n) is 65.4. The minimum absolute atomic E-state index is 0.0277. The van der Waals surface area contributed by atoms with Gasteiger partial charge in [-0.25, -0.2) is 0 Å². The van der Waals surface area contributed by atoms with E-state index in [1.807, 2.05) is 97.1 Å². The average molecular weight is 1620 g/mol. The Morgan fingerprint density at radius 1 is 0.393 bits per heavy atom. The Balaban J connectivity index is 1.07. The molecule has 0 unspecified atom stereocenters. The zero-order chi connectivity index (χ0) is 80.6. The lowest BCUT2D eigenvalue weighted by molar-refractivity contribution is -0.777. The fourth-order valence-corrected chi connectivity index (χ4v) is 19.8. The van der Waals surface area contributed by atoms with Gasteiger partial charge in [-0.2, -0.15) is 51.8 Å². The van der Waals surface area contributed by atoms with Gasteiger partial charge >= 0.3 is 31.1 Å². The van der Waals surface area contributed by atoms with Gasteiger partial charge < -0.3 is 30.1 Å². The van der Waals surface area contributed by atoms with Crippen LogP contribution in [0.4, 0.5) is 49.1 Å². The van der Waals surface area contributed by atoms with Crippen molar-refractivity contribution in [3.8, 4) is 0 Å². The number of fused-ring (bicyclic) bond motifs is 4. The number of benzene rings is 5. The van der Waals surface area contributed by atoms with E-state index in [1.54, 1.807) is 24.3 Å². The van der Waals surface area contributed by atoms with Crippen LogP contribution in [0, 0.1) is 0 Å². The monoisotopic (exact) mass is 1620 g/mol. The Kier molecular flexibility index (Phi) is 27.2. The van der Waals surface area contributed by atoms with Gasteiger partial charge in [-0.1, -0.05) is 216 Å². The van der Waals surface area contributed by atoms with E-state index in [0.29, 0.717) is 93.6 Å². The van der Waals surface area contributed by atoms with Crippen molar-refractivity contribution in [3.05, 3.63) is 248 Å². The lowest BCUT2D eigenvalue weighted by atomic mass is 9.83. The number of sulfonamides is 2. The maximum Gasteiger partial charge on any atom is 0.560 e. The predicted octanol–water partition coefficient (Wildman–Crippen LogP) is 19.0. The number of anilines is 4. The molecule has 0 bridgehead atoms. The van der Waals surface area contributed by atoms with Crippen molar-refractivity contribution in [1.29, 1.82) is 0 Å². The molecule has 112 heavy (non-hydrogen) atoms. The van der Waals surface area contributed by atoms with E-state index < -0.39 is 65.8 Å². The standard InChI is InChI=1S/C86H102F6N6O10S4/c1-11-13-23-53-93-71-33-19-15-29-67(71)81(3,4)75(93)49-45-63-41-43-65(47-51-77-83(7,8)69-31-17-21-35-73(69)95(77)55-25-27-57-109-107-105-99)79(63)97(111(101,102)85(87,88)89)59-61-37-39-62(40-38-61)60-98(112(103,104)86(90,91)92)80-64(46-50-76-82(5,6)68-30-16-20-34-72(68)94(76)54-24-14-12-2)42-44-66(80)48-52-78-84(9,10)70-32-18-22-36-74(70)96(78)56-26-28-58-110-108-106-100/h15-22,29-40,45-52H,11-14,23-28,41-44,53-60H2,1-10H3. The molecule has 16 nitrogen and oxygen atoms in total. The Morgan fingerprint density at radius 3 is 0.884 bits per heavy atom. The summed E-state index contributed by atoms with van der Waals surface area (Å²) in [6.45, 7) is 21.3. The molecule has 602 valence electrons. The SMILES string of the molecule is CCCCCN1/C(=C/C=C2\CCC(=C/C=C3/N(CCCCSOO[O-])c4ccccc4C3(C)C)\C2=[N+](/Cc2ccc(C/[N+](=C3C(=C/C=C4/N(CCCCC)c5ccccc5C4(C)C)/CCC/3=C\C=C3\N(CCCCSOO[O-])c4ccccc4C3(C)C)S(=O)(=O)C(F)(F)F)cc2)S(=O)(=O)C(F)(F)F)C(C)(C)c2ccccc21. The molecule has 0 radical (unpaired) electrons. The van der Waals surface area contributed by atoms with Gasteiger partial charge in [0.1, 0.15) is 0 Å². The van der Waals surface area contributed by atoms with Crippen LogP contribution in [0.2, 0.25) is 0 Å². The minimum Gasteiger partial charge on any atom is -0.691 e. The van der Waals surface area contributed by atoms with Crippen molar-refractivity contribution in [1.82, 2.24) is 0 Å². The molecule has 5 aromatic carbocycles. The van der Waals surface area contributed by atoms with Gasteiger partial charge in [-0.3, -0.25) is 10.1 Å². The fraction of sp³-hybridized carbons (Fsp3) is 0.442. The zero-order valence-corrected chi connectivity index (χ0v) is 68.7. The number of para-hydroxylation sites is 4. The summed E-state index contributed by atoms with van der Waals surface area (Å²) < 4.78 is 164. The topological polar surface area (TPSA) is 170 Å². The first kappa shape index (κ1) is 85.4. The maximum atomic E-state index is 15.9. The highest BCUT2D eigenvalue weighted by atomic mass is 32.2. The second-order valence-electron chi connectivity index (χ2n) is 31.3. The molecule has 11 rings (SSSR count). The van der Waals surface area contributed by atoms with Crippen LogP contribution < -0.4 is 30.1 Å². The van der Waals surface area contributed by atoms with E-state index in [0.717, 1.165) is 130 Å². The average Bonchev–Trinajstić information content (AvgIpc) is 1.75. The van der Waals surface area contributed by atoms with Crippen LogP contribution in [0.25, 0.3) is 0 Å². The number of nitrogens with zero attached hydrogens (tertiary/aromatic N) is 6. The number of hydrogen-bond acceptors (Lipinski definition) is 16. The van der Waals surface area contributed by atoms with Gasteiger partial charge in [0.05, 0.1) is 0 Å². The van der Waals surface area contributed by atoms with Crippen molar-refractivity contribution in [2.75, 3.05) is 57.3 Å². The summed E-state index contributed by atoms with van der Waals surface area (Å²) in [6.07, 6.45) is 23.1. The van der Waals surface area contributed by atoms with Crippen LogP contribution in [-0.2, 0) is 73.5 Å². The van der Waals surface area contributed by atoms with Crippen molar-refractivity contribution < 1.29 is 80.4 Å². The number of halogens is 6. The highest BCUT2D eigenvalue weighted by molar-refractivity contribution is 7.94. The van der Waals surface area contributed by atoms with Gasteiger partial charge in [0, 0.05) is 162 Å². The molecular formula is C86H102F6N6O10S4. The molecule has 5 aromatic rings. The molecule has 4 heterocycles. The van der Waals surface area contributed by atoms with Gasteiger partial charge in [0.2, 0.25) is 11.4 Å². The molecule has 0 amide bonds. The third kappa shape index (κ3) is 17.7. The molecule has 4 aliphatic heterocycles. The highest BCUT2D eigenvalue weighted by Gasteiger charge is 2.59. The molecule has 26 heteroatoms. The molecular weight excluding hydrogens is 1520 g/mol. The number of hydrogen-bond donors (Lipinski definition) is 0. The molecule has 0 aromatic heterocycles. The van der Waals surface area contributed by atoms with E-state index in [-0.39, 0.29) is 48.2 Å². The van der Waals surface area contributed by atoms with Crippen molar-refractivity contribution in [2.24, 2.45) is 0 Å². The van der Waals surface area contributed by atoms with Gasteiger partial charge in [-0.15, -0.1) is 7.96 Å². The van der Waals surface area contributed by atoms with Crippen LogP contribution >= 0.6 is 24.1 Å². The largest absolute Gasteiger partial charge is 0.691 e. The number of allylic oxidation sites excluding steroid dienone is 16. The molecule has 0 saturated heterocycles. The summed E-state index contributed by atoms with van der Waals surface area (Å²) in [5.74, 6) is 0.913. The molecule has 0 atom stereocenters. The summed E-state index contributed by atoms with van der Waals surface area (Å²) in [7, 11) is -12.6. The van der Waals surface area contributed by atoms with Gasteiger partial charge in [0.25, 0.3) is 0 Å². The Morgan fingerprint density at radius 2 is 0.643 bits per heavy atom. The minimum atomic E-state index is -6.28. The van der Waals surface area contributed by atoms with Gasteiger partial charge in [0.15, 0.2) is 13.1 Å². The van der Waals surface area contributed by atoms with Crippen LogP contribution in [0.5, 0.6) is 0 Å². The Bertz CT molecular complexity index is 4540. The highest BCUT2D eigenvalue weighted by Crippen LogP contribution is 2.53. The van der Waals surface area contributed by atoms with Crippen molar-refractivity contribution in [2.45, 2.75) is 205 Å². The quantitative estimate of drug-likeness (QED) is 0.00994. The van der Waals surface area contributed by atoms with E-state index in [2.05, 4.69) is 132 Å².